The Bertz CT molecular complexity index is 1980. The van der Waals surface area contributed by atoms with E-state index >= 15 is 0 Å². The van der Waals surface area contributed by atoms with Gasteiger partial charge in [-0.05, 0) is 109 Å². The van der Waals surface area contributed by atoms with Gasteiger partial charge in [-0.2, -0.15) is 0 Å². The number of allylic oxidation sites excluding steroid dienone is 22. The summed E-state index contributed by atoms with van der Waals surface area (Å²) in [6, 6.07) is 0. The van der Waals surface area contributed by atoms with Crippen molar-refractivity contribution in [3.8, 4) is 0 Å². The number of rotatable bonds is 67. The lowest BCUT2D eigenvalue weighted by atomic mass is 10.0. The van der Waals surface area contributed by atoms with E-state index in [0.717, 1.165) is 116 Å². The number of nitrogens with zero attached hydrogens (tertiary/aromatic N) is 1. The first-order chi connectivity index (χ1) is 44.0. The van der Waals surface area contributed by atoms with Gasteiger partial charge in [-0.1, -0.05) is 321 Å². The van der Waals surface area contributed by atoms with Gasteiger partial charge in [0.2, 0.25) is 0 Å². The summed E-state index contributed by atoms with van der Waals surface area (Å²) in [6.45, 7) is 4.22. The van der Waals surface area contributed by atoms with E-state index in [1.165, 1.54) is 161 Å². The smallest absolute Gasteiger partial charge is 0.462 e. The molecular formula is C80H139NO8P+. The van der Waals surface area contributed by atoms with Crippen molar-refractivity contribution in [1.29, 1.82) is 0 Å². The predicted molar refractivity (Wildman–Crippen MR) is 390 cm³/mol. The summed E-state index contributed by atoms with van der Waals surface area (Å²) >= 11 is 0. The number of phosphoric ester groups is 1. The van der Waals surface area contributed by atoms with Crippen LogP contribution in [0.2, 0.25) is 0 Å². The number of unbranched alkanes of at least 4 members (excludes halogenated alkanes) is 31. The summed E-state index contributed by atoms with van der Waals surface area (Å²) in [5.74, 6) is -0.799. The standard InChI is InChI=1S/C80H138NO8P/c1-6-8-10-12-14-16-18-20-22-24-26-28-30-32-33-34-35-36-37-38-39-40-41-42-43-44-45-46-47-49-51-53-55-57-59-61-63-65-67-69-71-73-80(83)89-78(77-88-90(84,85)87-75-74-81(3,4)5)76-86-79(82)72-70-68-66-64-62-60-58-56-54-52-50-48-31-29-27-25-23-21-19-17-15-13-11-9-7-2/h8-11,14-17,20-23,26-29,32-33,35-36,48,50,78H,6-7,12-13,18-19,24-25,30-31,34,37-47,49,51-77H2,1-5H3/p+1/b10-8-,11-9-,16-14-,17-15-,22-20-,23-21-,28-26-,29-27-,33-32-,36-35-,50-48-. The van der Waals surface area contributed by atoms with E-state index in [1.807, 2.05) is 21.1 Å². The minimum atomic E-state index is -4.40. The van der Waals surface area contributed by atoms with Crippen LogP contribution in [-0.2, 0) is 32.7 Å². The molecule has 0 aromatic rings. The molecule has 0 amide bonds. The van der Waals surface area contributed by atoms with Gasteiger partial charge >= 0.3 is 19.8 Å². The average Bonchev–Trinajstić information content (AvgIpc) is 3.62. The van der Waals surface area contributed by atoms with Gasteiger partial charge in [0.15, 0.2) is 6.10 Å². The molecule has 2 unspecified atom stereocenters. The van der Waals surface area contributed by atoms with Crippen LogP contribution in [0.4, 0.5) is 0 Å². The number of carbonyl (C=O) groups excluding carboxylic acids is 2. The highest BCUT2D eigenvalue weighted by Gasteiger charge is 2.27. The Balaban J connectivity index is 3.98. The first kappa shape index (κ1) is 86.2. The predicted octanol–water partition coefficient (Wildman–Crippen LogP) is 24.4. The van der Waals surface area contributed by atoms with Crippen molar-refractivity contribution in [3.05, 3.63) is 134 Å². The molecule has 0 fully saturated rings. The highest BCUT2D eigenvalue weighted by molar-refractivity contribution is 7.47. The molecule has 90 heavy (non-hydrogen) atoms. The number of hydrogen-bond acceptors (Lipinski definition) is 7. The molecule has 10 heteroatoms. The van der Waals surface area contributed by atoms with Crippen LogP contribution in [0.15, 0.2) is 134 Å². The van der Waals surface area contributed by atoms with Crippen molar-refractivity contribution in [2.24, 2.45) is 0 Å². The number of phosphoric acid groups is 1. The Morgan fingerprint density at radius 1 is 0.344 bits per heavy atom. The van der Waals surface area contributed by atoms with Crippen molar-refractivity contribution in [2.45, 2.75) is 315 Å². The van der Waals surface area contributed by atoms with Gasteiger partial charge in [0.05, 0.1) is 27.7 Å². The minimum Gasteiger partial charge on any atom is -0.462 e. The molecule has 0 rings (SSSR count). The number of carbonyl (C=O) groups is 2. The summed E-state index contributed by atoms with van der Waals surface area (Å²) in [5, 5.41) is 0. The van der Waals surface area contributed by atoms with Gasteiger partial charge in [0.25, 0.3) is 0 Å². The Morgan fingerprint density at radius 3 is 0.889 bits per heavy atom. The molecule has 2 atom stereocenters. The summed E-state index contributed by atoms with van der Waals surface area (Å²) in [5.41, 5.74) is 0. The second-order valence-corrected chi connectivity index (χ2v) is 27.0. The Labute approximate surface area is 555 Å². The fourth-order valence-electron chi connectivity index (χ4n) is 10.1. The van der Waals surface area contributed by atoms with E-state index in [2.05, 4.69) is 148 Å². The molecule has 0 radical (unpaired) electrons. The van der Waals surface area contributed by atoms with Crippen molar-refractivity contribution < 1.29 is 42.1 Å². The largest absolute Gasteiger partial charge is 0.472 e. The van der Waals surface area contributed by atoms with Crippen molar-refractivity contribution >= 4 is 19.8 Å². The number of quaternary nitrogens is 1. The van der Waals surface area contributed by atoms with Crippen LogP contribution < -0.4 is 0 Å². The molecule has 516 valence electrons. The second kappa shape index (κ2) is 69.5. The molecule has 0 heterocycles. The van der Waals surface area contributed by atoms with Gasteiger partial charge in [0.1, 0.15) is 19.8 Å². The molecule has 0 spiro atoms. The van der Waals surface area contributed by atoms with Gasteiger partial charge in [-0.15, -0.1) is 0 Å². The number of ether oxygens (including phenoxy) is 2. The molecule has 0 saturated heterocycles. The van der Waals surface area contributed by atoms with Gasteiger partial charge in [0, 0.05) is 12.8 Å². The first-order valence-electron chi connectivity index (χ1n) is 36.9. The molecule has 0 aliphatic carbocycles. The lowest BCUT2D eigenvalue weighted by Gasteiger charge is -2.24. The van der Waals surface area contributed by atoms with Crippen LogP contribution in [-0.4, -0.2) is 74.9 Å². The van der Waals surface area contributed by atoms with E-state index < -0.39 is 26.5 Å². The molecule has 0 bridgehead atoms. The van der Waals surface area contributed by atoms with Crippen molar-refractivity contribution in [2.75, 3.05) is 47.5 Å². The maximum atomic E-state index is 12.9. The van der Waals surface area contributed by atoms with Crippen molar-refractivity contribution in [1.82, 2.24) is 0 Å². The number of esters is 2. The topological polar surface area (TPSA) is 108 Å². The van der Waals surface area contributed by atoms with E-state index in [9.17, 15) is 19.0 Å². The average molecular weight is 1270 g/mol. The fraction of sp³-hybridized carbons (Fsp3) is 0.700. The highest BCUT2D eigenvalue weighted by Crippen LogP contribution is 2.43. The molecule has 1 N–H and O–H groups in total. The maximum absolute atomic E-state index is 12.9. The third-order valence-electron chi connectivity index (χ3n) is 15.7. The SMILES string of the molecule is CC/C=C\C/C=C\C/C=C\C/C=C\C/C=C\C/C=C\CCCCCCCCCCCCCCCCCCCCCCCCC(=O)OC(COC(=O)CCCCCCCCCCC/C=C\C/C=C\C/C=C\C/C=C\C/C=C\CC)COP(=O)(O)OCC[N+](C)(C)C. The van der Waals surface area contributed by atoms with Crippen LogP contribution in [0, 0.1) is 0 Å². The third kappa shape index (κ3) is 73.2. The summed E-state index contributed by atoms with van der Waals surface area (Å²) in [4.78, 5) is 35.9. The lowest BCUT2D eigenvalue weighted by molar-refractivity contribution is -0.870. The maximum Gasteiger partial charge on any atom is 0.472 e. The van der Waals surface area contributed by atoms with Crippen LogP contribution in [0.25, 0.3) is 0 Å². The van der Waals surface area contributed by atoms with Gasteiger partial charge in [-0.25, -0.2) is 4.57 Å². The third-order valence-corrected chi connectivity index (χ3v) is 16.7. The van der Waals surface area contributed by atoms with E-state index in [1.54, 1.807) is 0 Å². The van der Waals surface area contributed by atoms with E-state index in [4.69, 9.17) is 18.5 Å². The molecule has 0 aliphatic heterocycles. The van der Waals surface area contributed by atoms with E-state index in [-0.39, 0.29) is 32.0 Å². The molecular weight excluding hydrogens is 1130 g/mol. The Morgan fingerprint density at radius 2 is 0.600 bits per heavy atom. The van der Waals surface area contributed by atoms with Crippen LogP contribution in [0.1, 0.15) is 309 Å². The van der Waals surface area contributed by atoms with Crippen molar-refractivity contribution in [3.63, 3.8) is 0 Å². The quantitative estimate of drug-likeness (QED) is 0.0211. The second-order valence-electron chi connectivity index (χ2n) is 25.6. The summed E-state index contributed by atoms with van der Waals surface area (Å²) in [7, 11) is 1.47. The number of hydrogen-bond donors (Lipinski definition) is 1. The van der Waals surface area contributed by atoms with Crippen LogP contribution >= 0.6 is 7.82 Å². The molecule has 0 saturated carbocycles. The normalized spacial score (nSPS) is 13.9. The minimum absolute atomic E-state index is 0.0270. The zero-order chi connectivity index (χ0) is 65.5. The molecule has 0 aromatic carbocycles. The monoisotopic (exact) mass is 1270 g/mol. The highest BCUT2D eigenvalue weighted by atomic mass is 31.2. The molecule has 0 aliphatic rings. The summed E-state index contributed by atoms with van der Waals surface area (Å²) in [6.07, 6.45) is 101. The zero-order valence-corrected chi connectivity index (χ0v) is 59.7. The number of likely N-dealkylation sites (N-methyl/N-ethyl adjacent to an activating group) is 1. The van der Waals surface area contributed by atoms with Gasteiger partial charge < -0.3 is 18.9 Å². The van der Waals surface area contributed by atoms with Gasteiger partial charge in [-0.3, -0.25) is 18.6 Å². The molecule has 0 aromatic heterocycles. The fourth-order valence-corrected chi connectivity index (χ4v) is 10.8. The van der Waals surface area contributed by atoms with E-state index in [0.29, 0.717) is 17.4 Å². The summed E-state index contributed by atoms with van der Waals surface area (Å²) < 4.78 is 34.7. The van der Waals surface area contributed by atoms with Crippen LogP contribution in [0.3, 0.4) is 0 Å². The van der Waals surface area contributed by atoms with Crippen LogP contribution in [0.5, 0.6) is 0 Å². The Hall–Kier alpha value is -3.85. The lowest BCUT2D eigenvalue weighted by Crippen LogP contribution is -2.37. The first-order valence-corrected chi connectivity index (χ1v) is 38.4. The molecule has 9 nitrogen and oxygen atoms in total. The Kier molecular flexibility index (Phi) is 66.5. The zero-order valence-electron chi connectivity index (χ0n) is 58.8.